The Hall–Kier alpha value is -1.93. The molecule has 0 saturated heterocycles. The van der Waals surface area contributed by atoms with Crippen LogP contribution in [-0.4, -0.2) is 24.7 Å². The smallest absolute Gasteiger partial charge is 0.240 e. The second-order valence-corrected chi connectivity index (χ2v) is 6.43. The molecule has 0 atom stereocenters. The summed E-state index contributed by atoms with van der Waals surface area (Å²) in [5.74, 6) is -0.590. The molecule has 0 fully saturated rings. The first-order valence-corrected chi connectivity index (χ1v) is 7.91. The summed E-state index contributed by atoms with van der Waals surface area (Å²) < 4.78 is 41.8. The predicted molar refractivity (Wildman–Crippen MR) is 77.6 cm³/mol. The third kappa shape index (κ3) is 3.79. The van der Waals surface area contributed by atoms with Crippen LogP contribution < -0.4 is 10.5 Å². The van der Waals surface area contributed by atoms with Crippen LogP contribution in [0.2, 0.25) is 0 Å². The molecule has 3 N–H and O–H groups in total. The highest BCUT2D eigenvalue weighted by Gasteiger charge is 2.16. The Kier molecular flexibility index (Phi) is 4.59. The van der Waals surface area contributed by atoms with Gasteiger partial charge < -0.3 is 5.73 Å². The van der Waals surface area contributed by atoms with Crippen molar-refractivity contribution in [3.8, 4) is 0 Å². The number of rotatable bonds is 6. The fraction of sp³-hybridized carbons (Fsp3) is 0.308. The van der Waals surface area contributed by atoms with Gasteiger partial charge in [0.25, 0.3) is 0 Å². The van der Waals surface area contributed by atoms with Crippen LogP contribution in [0.1, 0.15) is 12.0 Å². The highest BCUT2D eigenvalue weighted by molar-refractivity contribution is 7.89. The van der Waals surface area contributed by atoms with Gasteiger partial charge in [-0.15, -0.1) is 0 Å². The number of nitrogens with one attached hydrogen (secondary N) is 1. The first-order valence-electron chi connectivity index (χ1n) is 6.43. The number of nitrogens with zero attached hydrogens (tertiary/aromatic N) is 2. The summed E-state index contributed by atoms with van der Waals surface area (Å²) in [5, 5.41) is 4.02. The average molecular weight is 312 g/mol. The van der Waals surface area contributed by atoms with Crippen LogP contribution in [0.15, 0.2) is 35.5 Å². The van der Waals surface area contributed by atoms with E-state index in [2.05, 4.69) is 9.82 Å². The predicted octanol–water partition coefficient (Wildman–Crippen LogP) is 1.28. The van der Waals surface area contributed by atoms with Crippen LogP contribution in [0.25, 0.3) is 0 Å². The molecule has 0 unspecified atom stereocenters. The molecule has 1 heterocycles. The molecule has 8 heteroatoms. The van der Waals surface area contributed by atoms with E-state index in [1.54, 1.807) is 23.1 Å². The molecule has 0 aliphatic heterocycles. The monoisotopic (exact) mass is 312 g/mol. The first kappa shape index (κ1) is 15.5. The van der Waals surface area contributed by atoms with Gasteiger partial charge in [-0.1, -0.05) is 0 Å². The summed E-state index contributed by atoms with van der Waals surface area (Å²) in [7, 11) is -3.69. The summed E-state index contributed by atoms with van der Waals surface area (Å²) in [4.78, 5) is -0.0296. The zero-order valence-corrected chi connectivity index (χ0v) is 12.4. The molecule has 114 valence electrons. The molecule has 0 spiro atoms. The number of hydrogen-bond acceptors (Lipinski definition) is 4. The van der Waals surface area contributed by atoms with Crippen LogP contribution >= 0.6 is 0 Å². The second kappa shape index (κ2) is 6.23. The molecular formula is C13H17FN4O2S. The van der Waals surface area contributed by atoms with Gasteiger partial charge in [0, 0.05) is 25.5 Å². The fourth-order valence-electron chi connectivity index (χ4n) is 1.88. The van der Waals surface area contributed by atoms with Crippen molar-refractivity contribution in [3.05, 3.63) is 42.0 Å². The Morgan fingerprint density at radius 1 is 1.43 bits per heavy atom. The van der Waals surface area contributed by atoms with Crippen LogP contribution in [0.3, 0.4) is 0 Å². The quantitative estimate of drug-likeness (QED) is 0.621. The molecule has 0 aliphatic rings. The number of nitrogens with two attached hydrogens (primary N) is 1. The normalized spacial score (nSPS) is 11.7. The number of sulfonamides is 1. The molecule has 6 nitrogen and oxygen atoms in total. The van der Waals surface area contributed by atoms with Crippen LogP contribution in [0.5, 0.6) is 0 Å². The maximum Gasteiger partial charge on any atom is 0.240 e. The zero-order chi connectivity index (χ0) is 15.5. The number of hydrogen-bond donors (Lipinski definition) is 2. The van der Waals surface area contributed by atoms with Gasteiger partial charge in [0.15, 0.2) is 0 Å². The van der Waals surface area contributed by atoms with Gasteiger partial charge in [0.2, 0.25) is 10.0 Å². The number of aryl methyl sites for hydroxylation is 2. The molecule has 1 aromatic carbocycles. The van der Waals surface area contributed by atoms with E-state index in [0.29, 0.717) is 13.0 Å². The van der Waals surface area contributed by atoms with Crippen LogP contribution in [-0.2, 0) is 16.6 Å². The van der Waals surface area contributed by atoms with E-state index in [-0.39, 0.29) is 22.7 Å². The van der Waals surface area contributed by atoms with Crippen LogP contribution in [0.4, 0.5) is 10.1 Å². The minimum Gasteiger partial charge on any atom is -0.396 e. The lowest BCUT2D eigenvalue weighted by atomic mass is 10.2. The van der Waals surface area contributed by atoms with E-state index in [1.807, 2.05) is 0 Å². The van der Waals surface area contributed by atoms with Crippen molar-refractivity contribution in [1.82, 2.24) is 14.5 Å². The van der Waals surface area contributed by atoms with Crippen molar-refractivity contribution in [1.29, 1.82) is 0 Å². The Morgan fingerprint density at radius 3 is 2.81 bits per heavy atom. The molecule has 2 aromatic rings. The fourth-order valence-corrected chi connectivity index (χ4v) is 3.08. The molecule has 0 radical (unpaired) electrons. The third-order valence-corrected chi connectivity index (χ3v) is 4.42. The number of halogens is 1. The van der Waals surface area contributed by atoms with Gasteiger partial charge in [-0.2, -0.15) is 5.10 Å². The first-order chi connectivity index (χ1) is 9.90. The van der Waals surface area contributed by atoms with Gasteiger partial charge in [0.1, 0.15) is 5.82 Å². The van der Waals surface area contributed by atoms with Gasteiger partial charge in [-0.25, -0.2) is 17.5 Å². The van der Waals surface area contributed by atoms with Crippen molar-refractivity contribution in [2.45, 2.75) is 24.8 Å². The zero-order valence-electron chi connectivity index (χ0n) is 11.6. The molecule has 0 aliphatic carbocycles. The number of aromatic nitrogens is 2. The molecule has 0 bridgehead atoms. The standard InChI is InChI=1S/C13H17FN4O2S/c1-10-8-11(9-12(15)13(10)14)21(19,20)17-5-3-7-18-6-2-4-16-18/h2,4,6,8-9,17H,3,5,7,15H2,1H3. The molecule has 2 rings (SSSR count). The summed E-state index contributed by atoms with van der Waals surface area (Å²) in [5.41, 5.74) is 5.49. The van der Waals surface area contributed by atoms with Crippen molar-refractivity contribution in [2.75, 3.05) is 12.3 Å². The summed E-state index contributed by atoms with van der Waals surface area (Å²) >= 11 is 0. The summed E-state index contributed by atoms with van der Waals surface area (Å²) in [6.45, 7) is 2.35. The number of nitrogen functional groups attached to an aromatic ring is 1. The summed E-state index contributed by atoms with van der Waals surface area (Å²) in [6.07, 6.45) is 4.06. The lowest BCUT2D eigenvalue weighted by molar-refractivity contribution is 0.552. The van der Waals surface area contributed by atoms with Crippen molar-refractivity contribution in [3.63, 3.8) is 0 Å². The van der Waals surface area contributed by atoms with Gasteiger partial charge >= 0.3 is 0 Å². The molecule has 1 aromatic heterocycles. The van der Waals surface area contributed by atoms with Crippen molar-refractivity contribution >= 4 is 15.7 Å². The topological polar surface area (TPSA) is 90.0 Å². The maximum atomic E-state index is 13.4. The minimum absolute atomic E-state index is 0.0296. The molecule has 0 amide bonds. The highest BCUT2D eigenvalue weighted by atomic mass is 32.2. The Balaban J connectivity index is 1.98. The van der Waals surface area contributed by atoms with E-state index in [1.165, 1.54) is 13.0 Å². The Morgan fingerprint density at radius 2 is 2.19 bits per heavy atom. The summed E-state index contributed by atoms with van der Waals surface area (Å²) in [6, 6.07) is 4.19. The number of anilines is 1. The van der Waals surface area contributed by atoms with E-state index >= 15 is 0 Å². The Labute approximate surface area is 122 Å². The van der Waals surface area contributed by atoms with Crippen LogP contribution in [0, 0.1) is 12.7 Å². The molecule has 21 heavy (non-hydrogen) atoms. The van der Waals surface area contributed by atoms with E-state index in [0.717, 1.165) is 6.07 Å². The van der Waals surface area contributed by atoms with E-state index in [9.17, 15) is 12.8 Å². The van der Waals surface area contributed by atoms with Crippen molar-refractivity contribution in [2.24, 2.45) is 0 Å². The van der Waals surface area contributed by atoms with Crippen molar-refractivity contribution < 1.29 is 12.8 Å². The lowest BCUT2D eigenvalue weighted by Crippen LogP contribution is -2.26. The molecule has 0 saturated carbocycles. The third-order valence-electron chi connectivity index (χ3n) is 2.98. The van der Waals surface area contributed by atoms with Gasteiger partial charge in [-0.05, 0) is 37.1 Å². The van der Waals surface area contributed by atoms with Gasteiger partial charge in [-0.3, -0.25) is 4.68 Å². The SMILES string of the molecule is Cc1cc(S(=O)(=O)NCCCn2cccn2)cc(N)c1F. The lowest BCUT2D eigenvalue weighted by Gasteiger charge is -2.09. The average Bonchev–Trinajstić information content (AvgIpc) is 2.93. The Bertz CT molecular complexity index is 691. The van der Waals surface area contributed by atoms with E-state index < -0.39 is 15.8 Å². The number of benzene rings is 1. The molecular weight excluding hydrogens is 295 g/mol. The van der Waals surface area contributed by atoms with E-state index in [4.69, 9.17) is 5.73 Å². The minimum atomic E-state index is -3.69. The maximum absolute atomic E-state index is 13.4. The largest absolute Gasteiger partial charge is 0.396 e. The second-order valence-electron chi connectivity index (χ2n) is 4.66. The highest BCUT2D eigenvalue weighted by Crippen LogP contribution is 2.20. The van der Waals surface area contributed by atoms with Gasteiger partial charge in [0.05, 0.1) is 10.6 Å².